The summed E-state index contributed by atoms with van der Waals surface area (Å²) >= 11 is 5.70. The lowest BCUT2D eigenvalue weighted by molar-refractivity contribution is 0.374. The third-order valence-electron chi connectivity index (χ3n) is 2.45. The van der Waals surface area contributed by atoms with Crippen LogP contribution in [-0.4, -0.2) is 12.2 Å². The first-order valence-electron chi connectivity index (χ1n) is 4.95. The summed E-state index contributed by atoms with van der Waals surface area (Å²) in [5.74, 6) is -0.113. The Bertz CT molecular complexity index is 555. The molecule has 2 aromatic carbocycles. The molecule has 88 valence electrons. The molecule has 2 rings (SSSR count). The summed E-state index contributed by atoms with van der Waals surface area (Å²) in [6.45, 7) is 0. The zero-order valence-corrected chi connectivity index (χ0v) is 9.83. The number of hydrogen-bond acceptors (Lipinski definition) is 2. The molecule has 0 aliphatic carbocycles. The van der Waals surface area contributed by atoms with Gasteiger partial charge in [-0.1, -0.05) is 29.8 Å². The number of hydrogen-bond donors (Lipinski definition) is 1. The van der Waals surface area contributed by atoms with E-state index in [9.17, 15) is 9.50 Å². The SMILES string of the molecule is COc1cccc(-c2ccc(F)c(Cl)c2)c1O. The lowest BCUT2D eigenvalue weighted by Gasteiger charge is -2.09. The quantitative estimate of drug-likeness (QED) is 0.879. The number of phenolic OH excluding ortho intramolecular Hbond substituents is 1. The van der Waals surface area contributed by atoms with E-state index in [4.69, 9.17) is 16.3 Å². The highest BCUT2D eigenvalue weighted by molar-refractivity contribution is 6.31. The first-order valence-corrected chi connectivity index (χ1v) is 5.32. The number of methoxy groups -OCH3 is 1. The van der Waals surface area contributed by atoms with Gasteiger partial charge in [-0.3, -0.25) is 0 Å². The predicted molar refractivity (Wildman–Crippen MR) is 65.1 cm³/mol. The van der Waals surface area contributed by atoms with Crippen LogP contribution in [0.1, 0.15) is 0 Å². The topological polar surface area (TPSA) is 29.5 Å². The molecule has 0 bridgehead atoms. The van der Waals surface area contributed by atoms with E-state index in [1.807, 2.05) is 0 Å². The van der Waals surface area contributed by atoms with Gasteiger partial charge in [0.1, 0.15) is 5.82 Å². The standard InChI is InChI=1S/C13H10ClFO2/c1-17-12-4-2-3-9(13(12)16)8-5-6-11(15)10(14)7-8/h2-7,16H,1H3. The fourth-order valence-corrected chi connectivity index (χ4v) is 1.76. The van der Waals surface area contributed by atoms with Crippen LogP contribution in [-0.2, 0) is 0 Å². The predicted octanol–water partition coefficient (Wildman–Crippen LogP) is 3.86. The smallest absolute Gasteiger partial charge is 0.165 e. The molecule has 2 nitrogen and oxygen atoms in total. The van der Waals surface area contributed by atoms with E-state index in [0.717, 1.165) is 0 Å². The maximum atomic E-state index is 13.0. The molecule has 0 atom stereocenters. The molecular weight excluding hydrogens is 243 g/mol. The van der Waals surface area contributed by atoms with Gasteiger partial charge in [-0.05, 0) is 23.8 Å². The van der Waals surface area contributed by atoms with Gasteiger partial charge in [0.05, 0.1) is 12.1 Å². The minimum atomic E-state index is -0.488. The van der Waals surface area contributed by atoms with E-state index >= 15 is 0 Å². The molecule has 0 saturated carbocycles. The Morgan fingerprint density at radius 2 is 2.00 bits per heavy atom. The van der Waals surface area contributed by atoms with Crippen LogP contribution in [0.3, 0.4) is 0 Å². The van der Waals surface area contributed by atoms with Gasteiger partial charge in [-0.2, -0.15) is 0 Å². The maximum absolute atomic E-state index is 13.0. The van der Waals surface area contributed by atoms with Crippen molar-refractivity contribution in [2.45, 2.75) is 0 Å². The normalized spacial score (nSPS) is 10.3. The lowest BCUT2D eigenvalue weighted by Crippen LogP contribution is -1.87. The molecule has 0 aromatic heterocycles. The van der Waals surface area contributed by atoms with Crippen molar-refractivity contribution in [3.8, 4) is 22.6 Å². The van der Waals surface area contributed by atoms with Gasteiger partial charge >= 0.3 is 0 Å². The van der Waals surface area contributed by atoms with Gasteiger partial charge in [0.2, 0.25) is 0 Å². The van der Waals surface area contributed by atoms with Gasteiger partial charge in [0, 0.05) is 5.56 Å². The summed E-state index contributed by atoms with van der Waals surface area (Å²) in [6.07, 6.45) is 0. The van der Waals surface area contributed by atoms with Crippen molar-refractivity contribution in [1.29, 1.82) is 0 Å². The zero-order valence-electron chi connectivity index (χ0n) is 9.08. The van der Waals surface area contributed by atoms with Crippen molar-refractivity contribution in [3.63, 3.8) is 0 Å². The van der Waals surface area contributed by atoms with Crippen LogP contribution < -0.4 is 4.74 Å². The van der Waals surface area contributed by atoms with Crippen LogP contribution in [0.25, 0.3) is 11.1 Å². The van der Waals surface area contributed by atoms with Crippen molar-refractivity contribution >= 4 is 11.6 Å². The fraction of sp³-hybridized carbons (Fsp3) is 0.0769. The third kappa shape index (κ3) is 2.19. The van der Waals surface area contributed by atoms with E-state index in [1.54, 1.807) is 24.3 Å². The average Bonchev–Trinajstić information content (AvgIpc) is 2.33. The largest absolute Gasteiger partial charge is 0.504 e. The van der Waals surface area contributed by atoms with E-state index in [-0.39, 0.29) is 10.8 Å². The number of ether oxygens (including phenoxy) is 1. The Balaban J connectivity index is 2.56. The lowest BCUT2D eigenvalue weighted by atomic mass is 10.0. The molecule has 0 aliphatic heterocycles. The van der Waals surface area contributed by atoms with E-state index in [1.165, 1.54) is 19.2 Å². The molecule has 0 fully saturated rings. The second-order valence-electron chi connectivity index (χ2n) is 3.49. The van der Waals surface area contributed by atoms with Crippen molar-refractivity contribution in [3.05, 3.63) is 47.2 Å². The second kappa shape index (κ2) is 4.63. The minimum Gasteiger partial charge on any atom is -0.504 e. The fourth-order valence-electron chi connectivity index (χ4n) is 1.58. The van der Waals surface area contributed by atoms with Crippen molar-refractivity contribution in [2.75, 3.05) is 7.11 Å². The number of benzene rings is 2. The van der Waals surface area contributed by atoms with Crippen LogP contribution in [0.15, 0.2) is 36.4 Å². The number of aromatic hydroxyl groups is 1. The van der Waals surface area contributed by atoms with Crippen LogP contribution in [0.5, 0.6) is 11.5 Å². The first-order chi connectivity index (χ1) is 8.13. The highest BCUT2D eigenvalue weighted by Gasteiger charge is 2.10. The Labute approximate surface area is 103 Å². The molecule has 17 heavy (non-hydrogen) atoms. The van der Waals surface area contributed by atoms with Gasteiger partial charge in [0.25, 0.3) is 0 Å². The summed E-state index contributed by atoms with van der Waals surface area (Å²) < 4.78 is 18.0. The molecule has 1 N–H and O–H groups in total. The van der Waals surface area contributed by atoms with Crippen LogP contribution in [0.4, 0.5) is 4.39 Å². The van der Waals surface area contributed by atoms with Crippen molar-refractivity contribution in [1.82, 2.24) is 0 Å². The third-order valence-corrected chi connectivity index (χ3v) is 2.74. The van der Waals surface area contributed by atoms with Crippen molar-refractivity contribution in [2.24, 2.45) is 0 Å². The molecule has 0 saturated heterocycles. The molecule has 0 unspecified atom stereocenters. The Kier molecular flexibility index (Phi) is 3.20. The Morgan fingerprint density at radius 3 is 2.65 bits per heavy atom. The van der Waals surface area contributed by atoms with Gasteiger partial charge in [0.15, 0.2) is 11.5 Å². The minimum absolute atomic E-state index is 0.0117. The molecular formula is C13H10ClFO2. The maximum Gasteiger partial charge on any atom is 0.165 e. The van der Waals surface area contributed by atoms with Gasteiger partial charge in [-0.25, -0.2) is 4.39 Å². The molecule has 0 radical (unpaired) electrons. The summed E-state index contributed by atoms with van der Waals surface area (Å²) in [5, 5.41) is 9.96. The molecule has 2 aromatic rings. The van der Waals surface area contributed by atoms with Crippen LogP contribution >= 0.6 is 11.6 Å². The Hall–Kier alpha value is -1.74. The number of para-hydroxylation sites is 1. The van der Waals surface area contributed by atoms with E-state index in [2.05, 4.69) is 0 Å². The van der Waals surface area contributed by atoms with Gasteiger partial charge < -0.3 is 9.84 Å². The van der Waals surface area contributed by atoms with Gasteiger partial charge in [-0.15, -0.1) is 0 Å². The molecule has 0 aliphatic rings. The van der Waals surface area contributed by atoms with E-state index < -0.39 is 5.82 Å². The molecule has 0 spiro atoms. The first kappa shape index (κ1) is 11.7. The highest BCUT2D eigenvalue weighted by Crippen LogP contribution is 2.37. The van der Waals surface area contributed by atoms with Crippen LogP contribution in [0.2, 0.25) is 5.02 Å². The number of halogens is 2. The summed E-state index contributed by atoms with van der Waals surface area (Å²) in [5.41, 5.74) is 1.18. The number of phenols is 1. The molecule has 0 heterocycles. The average molecular weight is 253 g/mol. The van der Waals surface area contributed by atoms with E-state index in [0.29, 0.717) is 16.9 Å². The van der Waals surface area contributed by atoms with Crippen molar-refractivity contribution < 1.29 is 14.2 Å². The molecule has 4 heteroatoms. The number of rotatable bonds is 2. The molecule has 0 amide bonds. The monoisotopic (exact) mass is 252 g/mol. The summed E-state index contributed by atoms with van der Waals surface area (Å²) in [4.78, 5) is 0. The second-order valence-corrected chi connectivity index (χ2v) is 3.89. The Morgan fingerprint density at radius 1 is 1.24 bits per heavy atom. The van der Waals surface area contributed by atoms with Crippen LogP contribution in [0, 0.1) is 5.82 Å². The summed E-state index contributed by atoms with van der Waals surface area (Å²) in [6, 6.07) is 9.37. The highest BCUT2D eigenvalue weighted by atomic mass is 35.5. The summed E-state index contributed by atoms with van der Waals surface area (Å²) in [7, 11) is 1.47. The zero-order chi connectivity index (χ0) is 12.4.